The van der Waals surface area contributed by atoms with E-state index in [9.17, 15) is 36.6 Å². The first kappa shape index (κ1) is 28.6. The summed E-state index contributed by atoms with van der Waals surface area (Å²) in [6, 6.07) is -1.90. The maximum atomic E-state index is 14.3. The molecule has 0 unspecified atom stereocenters. The number of nitrogens with zero attached hydrogens (tertiary/aromatic N) is 3. The van der Waals surface area contributed by atoms with Gasteiger partial charge in [0.05, 0.1) is 30.2 Å². The van der Waals surface area contributed by atoms with Gasteiger partial charge in [-0.2, -0.15) is 13.2 Å². The van der Waals surface area contributed by atoms with E-state index in [4.69, 9.17) is 4.74 Å². The summed E-state index contributed by atoms with van der Waals surface area (Å²) >= 11 is 0.709. The number of hydrogen-bond acceptors (Lipinski definition) is 8. The number of ether oxygens (including phenoxy) is 1. The van der Waals surface area contributed by atoms with Crippen LogP contribution in [0.3, 0.4) is 0 Å². The molecule has 0 spiro atoms. The molecule has 0 aromatic carbocycles. The van der Waals surface area contributed by atoms with E-state index in [0.29, 0.717) is 11.3 Å². The summed E-state index contributed by atoms with van der Waals surface area (Å²) in [5, 5.41) is 14.6. The number of amides is 2. The zero-order valence-electron chi connectivity index (χ0n) is 21.4. The largest absolute Gasteiger partial charge is 0.408 e. The van der Waals surface area contributed by atoms with Gasteiger partial charge in [0.2, 0.25) is 0 Å². The van der Waals surface area contributed by atoms with E-state index in [0.717, 1.165) is 37.9 Å². The molecule has 2 amide bonds. The lowest BCUT2D eigenvalue weighted by Crippen LogP contribution is -2.42. The van der Waals surface area contributed by atoms with Crippen LogP contribution in [0.15, 0.2) is 12.3 Å². The van der Waals surface area contributed by atoms with Crippen LogP contribution in [0.2, 0.25) is 0 Å². The molecule has 5 heterocycles. The quantitative estimate of drug-likeness (QED) is 0.396. The Morgan fingerprint density at radius 3 is 2.42 bits per heavy atom. The van der Waals surface area contributed by atoms with Crippen molar-refractivity contribution in [2.24, 2.45) is 0 Å². The van der Waals surface area contributed by atoms with Crippen LogP contribution in [0.25, 0.3) is 10.4 Å². The number of thiazole rings is 1. The normalized spacial score (nSPS) is 25.1. The minimum atomic E-state index is -4.62. The average Bonchev–Trinajstić information content (AvgIpc) is 3.70. The maximum absolute atomic E-state index is 14.3. The topological polar surface area (TPSA) is 117 Å². The minimum absolute atomic E-state index is 0.0114. The second kappa shape index (κ2) is 11.2. The zero-order valence-corrected chi connectivity index (χ0v) is 22.2. The molecule has 218 valence electrons. The number of fused-ring (bicyclic) bond motifs is 2. The predicted molar refractivity (Wildman–Crippen MR) is 134 cm³/mol. The van der Waals surface area contributed by atoms with E-state index in [-0.39, 0.29) is 52.9 Å². The van der Waals surface area contributed by atoms with Crippen LogP contribution in [0.1, 0.15) is 71.3 Å². The highest BCUT2D eigenvalue weighted by molar-refractivity contribution is 7.17. The number of rotatable bonds is 8. The molecule has 3 aliphatic rings. The van der Waals surface area contributed by atoms with Gasteiger partial charge in [-0.15, -0.1) is 11.3 Å². The van der Waals surface area contributed by atoms with Gasteiger partial charge in [-0.05, 0) is 38.2 Å². The Morgan fingerprint density at radius 2 is 1.88 bits per heavy atom. The molecule has 0 aliphatic carbocycles. The third-order valence-electron chi connectivity index (χ3n) is 7.62. The lowest BCUT2D eigenvalue weighted by Gasteiger charge is -2.22. The number of anilines is 1. The number of halogens is 5. The summed E-state index contributed by atoms with van der Waals surface area (Å²) in [5.74, 6) is -1.61. The van der Waals surface area contributed by atoms with Crippen LogP contribution in [0.5, 0.6) is 0 Å². The highest BCUT2D eigenvalue weighted by Gasteiger charge is 2.44. The monoisotopic (exact) mass is 589 g/mol. The van der Waals surface area contributed by atoms with Gasteiger partial charge in [0.1, 0.15) is 17.6 Å². The molecule has 3 atom stereocenters. The molecule has 2 aromatic rings. The lowest BCUT2D eigenvalue weighted by atomic mass is 10.0. The number of aliphatic hydroxyl groups excluding tert-OH is 1. The molecule has 2 aromatic heterocycles. The number of alkyl halides is 5. The van der Waals surface area contributed by atoms with Crippen LogP contribution in [-0.2, 0) is 4.74 Å². The van der Waals surface area contributed by atoms with Crippen molar-refractivity contribution in [2.75, 3.05) is 18.5 Å². The van der Waals surface area contributed by atoms with Crippen molar-refractivity contribution in [3.8, 4) is 10.4 Å². The Balaban J connectivity index is 1.53. The van der Waals surface area contributed by atoms with Crippen LogP contribution >= 0.6 is 11.3 Å². The van der Waals surface area contributed by atoms with Crippen LogP contribution < -0.4 is 10.6 Å². The van der Waals surface area contributed by atoms with Crippen molar-refractivity contribution >= 4 is 29.0 Å². The highest BCUT2D eigenvalue weighted by atomic mass is 32.1. The number of pyridine rings is 1. The number of carbonyl (C=O) groups is 2. The van der Waals surface area contributed by atoms with Crippen molar-refractivity contribution in [2.45, 2.75) is 81.9 Å². The van der Waals surface area contributed by atoms with Crippen molar-refractivity contribution in [3.63, 3.8) is 0 Å². The third-order valence-corrected chi connectivity index (χ3v) is 8.71. The van der Waals surface area contributed by atoms with Gasteiger partial charge in [-0.25, -0.2) is 18.7 Å². The maximum Gasteiger partial charge on any atom is 0.408 e. The molecule has 3 saturated heterocycles. The smallest absolute Gasteiger partial charge is 0.388 e. The van der Waals surface area contributed by atoms with Crippen molar-refractivity contribution < 1.29 is 41.4 Å². The Morgan fingerprint density at radius 1 is 1.20 bits per heavy atom. The molecular weight excluding hydrogens is 561 g/mol. The first-order valence-corrected chi connectivity index (χ1v) is 13.8. The molecule has 0 saturated carbocycles. The molecular formula is C25H28F5N5O4S. The Hall–Kier alpha value is -2.91. The van der Waals surface area contributed by atoms with Gasteiger partial charge >= 0.3 is 6.18 Å². The Bertz CT molecular complexity index is 1250. The molecule has 40 heavy (non-hydrogen) atoms. The zero-order chi connectivity index (χ0) is 28.8. The number of hydrogen-bond donors (Lipinski definition) is 3. The second-order valence-electron chi connectivity index (χ2n) is 10.2. The number of nitrogens with one attached hydrogen (secondary N) is 2. The first-order chi connectivity index (χ1) is 19.0. The van der Waals surface area contributed by atoms with E-state index in [2.05, 4.69) is 20.6 Å². The van der Waals surface area contributed by atoms with Crippen molar-refractivity contribution in [1.82, 2.24) is 20.2 Å². The fourth-order valence-electron chi connectivity index (χ4n) is 5.54. The molecule has 5 rings (SSSR count). The second-order valence-corrected chi connectivity index (χ2v) is 11.2. The molecule has 3 N–H and O–H groups in total. The Kier molecular flexibility index (Phi) is 7.99. The summed E-state index contributed by atoms with van der Waals surface area (Å²) in [6.07, 6.45) is -4.81. The summed E-state index contributed by atoms with van der Waals surface area (Å²) < 4.78 is 73.5. The van der Waals surface area contributed by atoms with Crippen molar-refractivity contribution in [1.29, 1.82) is 0 Å². The number of aliphatic hydroxyl groups is 1. The van der Waals surface area contributed by atoms with Crippen LogP contribution in [0.4, 0.5) is 27.8 Å². The van der Waals surface area contributed by atoms with Gasteiger partial charge < -0.3 is 25.4 Å². The molecule has 2 bridgehead atoms. The summed E-state index contributed by atoms with van der Waals surface area (Å²) in [4.78, 5) is 36.6. The molecule has 15 heteroatoms. The molecule has 3 fully saturated rings. The van der Waals surface area contributed by atoms with Crippen LogP contribution in [-0.4, -0.2) is 81.5 Å². The van der Waals surface area contributed by atoms with Crippen molar-refractivity contribution in [3.05, 3.63) is 28.5 Å². The predicted octanol–water partition coefficient (Wildman–Crippen LogP) is 4.15. The molecule has 0 radical (unpaired) electrons. The fourth-order valence-corrected chi connectivity index (χ4v) is 6.53. The van der Waals surface area contributed by atoms with Gasteiger partial charge in [0.25, 0.3) is 18.2 Å². The van der Waals surface area contributed by atoms with E-state index >= 15 is 0 Å². The molecule has 9 nitrogen and oxygen atoms in total. The SMILES string of the molecule is CC[C@H](Nc1cc(C(F)F)c(-c2sc(C(=O)N[C@@H]3COC[C@H]3O)nc2C(=O)N2[C@H]3CC[C@H]2CC3)cn1)C(F)(F)F. The summed E-state index contributed by atoms with van der Waals surface area (Å²) in [5.41, 5.74) is -1.04. The van der Waals surface area contributed by atoms with Gasteiger partial charge in [0, 0.05) is 29.4 Å². The Labute approximate surface area is 230 Å². The first-order valence-electron chi connectivity index (χ1n) is 13.0. The van der Waals surface area contributed by atoms with Gasteiger partial charge in [-0.1, -0.05) is 6.92 Å². The van der Waals surface area contributed by atoms with E-state index in [1.807, 2.05) is 0 Å². The van der Waals surface area contributed by atoms with E-state index in [1.54, 1.807) is 4.90 Å². The lowest BCUT2D eigenvalue weighted by molar-refractivity contribution is -0.142. The van der Waals surface area contributed by atoms with E-state index < -0.39 is 54.0 Å². The van der Waals surface area contributed by atoms with Gasteiger partial charge in [-0.3, -0.25) is 9.59 Å². The summed E-state index contributed by atoms with van der Waals surface area (Å²) in [6.45, 7) is 1.41. The standard InChI is InChI=1S/C25H28F5N5O4S/c1-2-17(25(28,29)30)33-18-7-13(21(26)27)14(8-31-18)20-19(24(38)35-11-3-4-12(35)6-5-11)34-23(40-20)22(37)32-15-9-39-10-16(15)36/h7-8,11-12,15-17,21,36H,2-6,9-10H2,1H3,(H,31,33)(H,32,37)/t11-,12-,15-,16-,17+/m1/s1. The van der Waals surface area contributed by atoms with Gasteiger partial charge in [0.15, 0.2) is 5.01 Å². The average molecular weight is 590 g/mol. The van der Waals surface area contributed by atoms with Crippen LogP contribution in [0, 0.1) is 0 Å². The fraction of sp³-hybridized carbons (Fsp3) is 0.600. The highest BCUT2D eigenvalue weighted by Crippen LogP contribution is 2.42. The minimum Gasteiger partial charge on any atom is -0.388 e. The molecule has 3 aliphatic heterocycles. The number of aromatic nitrogens is 2. The summed E-state index contributed by atoms with van der Waals surface area (Å²) in [7, 11) is 0. The number of carbonyl (C=O) groups excluding carboxylic acids is 2. The van der Waals surface area contributed by atoms with E-state index in [1.165, 1.54) is 6.92 Å². The third kappa shape index (κ3) is 5.50.